The minimum Gasteiger partial charge on any atom is -0.376 e. The molecule has 1 saturated heterocycles. The summed E-state index contributed by atoms with van der Waals surface area (Å²) in [6.45, 7) is 3.74. The number of H-pyrrole nitrogens is 1. The zero-order valence-corrected chi connectivity index (χ0v) is 13.7. The van der Waals surface area contributed by atoms with E-state index in [1.165, 1.54) is 23.1 Å². The summed E-state index contributed by atoms with van der Waals surface area (Å²) in [7, 11) is 0. The average molecular weight is 312 g/mol. The SMILES string of the molecule is C[C@@H]1CCc2[nH]c3ccc(C(=O)NC[C@@H]4CCCO4)cc3c2C1. The van der Waals surface area contributed by atoms with E-state index >= 15 is 0 Å². The van der Waals surface area contributed by atoms with Crippen molar-refractivity contribution in [2.45, 2.75) is 45.1 Å². The van der Waals surface area contributed by atoms with Gasteiger partial charge in [0.1, 0.15) is 0 Å². The summed E-state index contributed by atoms with van der Waals surface area (Å²) in [5.41, 5.74) is 4.66. The van der Waals surface area contributed by atoms with E-state index in [-0.39, 0.29) is 12.0 Å². The van der Waals surface area contributed by atoms with Crippen LogP contribution in [-0.2, 0) is 17.6 Å². The van der Waals surface area contributed by atoms with Crippen molar-refractivity contribution < 1.29 is 9.53 Å². The van der Waals surface area contributed by atoms with E-state index in [1.54, 1.807) is 0 Å². The number of aryl methyl sites for hydroxylation is 1. The van der Waals surface area contributed by atoms with Crippen LogP contribution in [0, 0.1) is 5.92 Å². The number of hydrogen-bond acceptors (Lipinski definition) is 2. The van der Waals surface area contributed by atoms with E-state index in [4.69, 9.17) is 4.74 Å². The third kappa shape index (κ3) is 2.88. The van der Waals surface area contributed by atoms with Crippen LogP contribution in [0.1, 0.15) is 47.8 Å². The molecule has 0 bridgehead atoms. The molecule has 2 heterocycles. The molecule has 23 heavy (non-hydrogen) atoms. The zero-order chi connectivity index (χ0) is 15.8. The second-order valence-corrected chi connectivity index (χ2v) is 7.04. The van der Waals surface area contributed by atoms with E-state index in [2.05, 4.69) is 17.2 Å². The zero-order valence-electron chi connectivity index (χ0n) is 13.7. The van der Waals surface area contributed by atoms with E-state index in [9.17, 15) is 4.79 Å². The van der Waals surface area contributed by atoms with Crippen molar-refractivity contribution in [1.82, 2.24) is 10.3 Å². The van der Waals surface area contributed by atoms with Crippen LogP contribution in [-0.4, -0.2) is 30.1 Å². The minimum atomic E-state index is 0.00112. The fraction of sp³-hybridized carbons (Fsp3) is 0.526. The number of ether oxygens (including phenoxy) is 1. The molecule has 2 atom stereocenters. The van der Waals surface area contributed by atoms with Crippen LogP contribution >= 0.6 is 0 Å². The number of carbonyl (C=O) groups is 1. The molecule has 122 valence electrons. The van der Waals surface area contributed by atoms with Crippen LogP contribution in [0.2, 0.25) is 0 Å². The quantitative estimate of drug-likeness (QED) is 0.914. The summed E-state index contributed by atoms with van der Waals surface area (Å²) in [6.07, 6.45) is 5.79. The Hall–Kier alpha value is -1.81. The summed E-state index contributed by atoms with van der Waals surface area (Å²) in [6, 6.07) is 6.01. The maximum Gasteiger partial charge on any atom is 0.251 e. The van der Waals surface area contributed by atoms with Crippen LogP contribution in [0.5, 0.6) is 0 Å². The molecule has 2 N–H and O–H groups in total. The number of benzene rings is 1. The van der Waals surface area contributed by atoms with Gasteiger partial charge in [-0.3, -0.25) is 4.79 Å². The van der Waals surface area contributed by atoms with Gasteiger partial charge in [0.2, 0.25) is 0 Å². The summed E-state index contributed by atoms with van der Waals surface area (Å²) >= 11 is 0. The molecular weight excluding hydrogens is 288 g/mol. The molecule has 1 aliphatic heterocycles. The van der Waals surface area contributed by atoms with Crippen molar-refractivity contribution in [2.75, 3.05) is 13.2 Å². The van der Waals surface area contributed by atoms with Gasteiger partial charge in [-0.2, -0.15) is 0 Å². The van der Waals surface area contributed by atoms with Gasteiger partial charge in [-0.25, -0.2) is 0 Å². The van der Waals surface area contributed by atoms with Gasteiger partial charge in [0.25, 0.3) is 5.91 Å². The number of rotatable bonds is 3. The van der Waals surface area contributed by atoms with E-state index < -0.39 is 0 Å². The highest BCUT2D eigenvalue weighted by molar-refractivity contribution is 5.99. The van der Waals surface area contributed by atoms with Crippen molar-refractivity contribution >= 4 is 16.8 Å². The molecule has 1 aromatic carbocycles. The number of fused-ring (bicyclic) bond motifs is 3. The lowest BCUT2D eigenvalue weighted by molar-refractivity contribution is 0.0858. The Morgan fingerprint density at radius 2 is 2.30 bits per heavy atom. The monoisotopic (exact) mass is 312 g/mol. The van der Waals surface area contributed by atoms with Gasteiger partial charge in [0.15, 0.2) is 0 Å². The highest BCUT2D eigenvalue weighted by Crippen LogP contribution is 2.32. The number of aromatic nitrogens is 1. The Labute approximate surface area is 136 Å². The molecule has 1 fully saturated rings. The number of amides is 1. The van der Waals surface area contributed by atoms with Crippen LogP contribution in [0.15, 0.2) is 18.2 Å². The highest BCUT2D eigenvalue weighted by atomic mass is 16.5. The molecule has 1 aromatic heterocycles. The van der Waals surface area contributed by atoms with Crippen LogP contribution in [0.25, 0.3) is 10.9 Å². The summed E-state index contributed by atoms with van der Waals surface area (Å²) < 4.78 is 5.56. The number of nitrogens with one attached hydrogen (secondary N) is 2. The Morgan fingerprint density at radius 1 is 1.39 bits per heavy atom. The van der Waals surface area contributed by atoms with Gasteiger partial charge in [-0.15, -0.1) is 0 Å². The Bertz CT molecular complexity index is 728. The molecule has 1 amide bonds. The third-order valence-electron chi connectivity index (χ3n) is 5.21. The van der Waals surface area contributed by atoms with Crippen LogP contribution < -0.4 is 5.32 Å². The molecule has 2 aliphatic rings. The molecule has 4 rings (SSSR count). The van der Waals surface area contributed by atoms with Crippen molar-refractivity contribution in [3.05, 3.63) is 35.0 Å². The Kier molecular flexibility index (Phi) is 3.85. The van der Waals surface area contributed by atoms with Crippen molar-refractivity contribution in [3.63, 3.8) is 0 Å². The number of carbonyl (C=O) groups excluding carboxylic acids is 1. The first-order chi connectivity index (χ1) is 11.2. The third-order valence-corrected chi connectivity index (χ3v) is 5.21. The first-order valence-corrected chi connectivity index (χ1v) is 8.74. The van der Waals surface area contributed by atoms with Gasteiger partial charge in [0, 0.05) is 35.3 Å². The molecule has 0 unspecified atom stereocenters. The van der Waals surface area contributed by atoms with Crippen LogP contribution in [0.4, 0.5) is 0 Å². The largest absolute Gasteiger partial charge is 0.376 e. The molecule has 0 spiro atoms. The van der Waals surface area contributed by atoms with Gasteiger partial charge < -0.3 is 15.0 Å². The van der Waals surface area contributed by atoms with E-state index in [0.717, 1.165) is 49.3 Å². The molecule has 1 aliphatic carbocycles. The second kappa shape index (κ2) is 6.00. The van der Waals surface area contributed by atoms with Crippen molar-refractivity contribution in [3.8, 4) is 0 Å². The predicted molar refractivity (Wildman–Crippen MR) is 90.8 cm³/mol. The first-order valence-electron chi connectivity index (χ1n) is 8.74. The minimum absolute atomic E-state index is 0.00112. The Morgan fingerprint density at radius 3 is 3.13 bits per heavy atom. The normalized spacial score (nSPS) is 23.9. The highest BCUT2D eigenvalue weighted by Gasteiger charge is 2.21. The molecule has 0 saturated carbocycles. The lowest BCUT2D eigenvalue weighted by Gasteiger charge is -2.18. The summed E-state index contributed by atoms with van der Waals surface area (Å²) in [5.74, 6) is 0.722. The predicted octanol–water partition coefficient (Wildman–Crippen LogP) is 3.20. The maximum absolute atomic E-state index is 12.4. The van der Waals surface area contributed by atoms with Crippen LogP contribution in [0.3, 0.4) is 0 Å². The van der Waals surface area contributed by atoms with E-state index in [1.807, 2.05) is 18.2 Å². The summed E-state index contributed by atoms with van der Waals surface area (Å²) in [4.78, 5) is 16.0. The van der Waals surface area contributed by atoms with E-state index in [0.29, 0.717) is 6.54 Å². The lowest BCUT2D eigenvalue weighted by Crippen LogP contribution is -2.31. The van der Waals surface area contributed by atoms with Crippen molar-refractivity contribution in [1.29, 1.82) is 0 Å². The number of hydrogen-bond donors (Lipinski definition) is 2. The molecule has 4 heteroatoms. The fourth-order valence-corrected chi connectivity index (χ4v) is 3.85. The van der Waals surface area contributed by atoms with Gasteiger partial charge >= 0.3 is 0 Å². The van der Waals surface area contributed by atoms with Gasteiger partial charge in [-0.1, -0.05) is 6.92 Å². The maximum atomic E-state index is 12.4. The standard InChI is InChI=1S/C19H24N2O2/c1-12-4-6-17-15(9-12)16-10-13(5-7-18(16)21-17)19(22)20-11-14-3-2-8-23-14/h5,7,10,12,14,21H,2-4,6,8-9,11H2,1H3,(H,20,22)/t12-,14+/m1/s1. The average Bonchev–Trinajstić information content (AvgIpc) is 3.19. The fourth-order valence-electron chi connectivity index (χ4n) is 3.85. The number of aromatic amines is 1. The first kappa shape index (κ1) is 14.8. The topological polar surface area (TPSA) is 54.1 Å². The Balaban J connectivity index is 1.55. The van der Waals surface area contributed by atoms with Crippen molar-refractivity contribution in [2.24, 2.45) is 5.92 Å². The molecule has 2 aromatic rings. The van der Waals surface area contributed by atoms with Gasteiger partial charge in [-0.05, 0) is 61.8 Å². The molecular formula is C19H24N2O2. The molecule has 4 nitrogen and oxygen atoms in total. The summed E-state index contributed by atoms with van der Waals surface area (Å²) in [5, 5.41) is 4.23. The smallest absolute Gasteiger partial charge is 0.251 e. The molecule has 0 radical (unpaired) electrons. The second-order valence-electron chi connectivity index (χ2n) is 7.04. The van der Waals surface area contributed by atoms with Gasteiger partial charge in [0.05, 0.1) is 6.10 Å². The lowest BCUT2D eigenvalue weighted by atomic mass is 9.87.